The molecule has 1 fully saturated rings. The zero-order chi connectivity index (χ0) is 20.6. The molecule has 3 aromatic rings. The second-order valence-corrected chi connectivity index (χ2v) is 8.09. The van der Waals surface area contributed by atoms with Crippen LogP contribution in [0.2, 0.25) is 0 Å². The maximum atomic E-state index is 13.0. The summed E-state index contributed by atoms with van der Waals surface area (Å²) >= 11 is 0. The molecule has 1 aromatic heterocycles. The highest BCUT2D eigenvalue weighted by Gasteiger charge is 2.36. The number of anilines is 1. The first kappa shape index (κ1) is 18.7. The number of nitrogens with zero attached hydrogens (tertiary/aromatic N) is 3. The number of fused-ring (bicyclic) bond motifs is 1. The third-order valence-electron chi connectivity index (χ3n) is 5.82. The lowest BCUT2D eigenvalue weighted by Crippen LogP contribution is -2.29. The largest absolute Gasteiger partial charge is 0.407 e. The summed E-state index contributed by atoms with van der Waals surface area (Å²) in [4.78, 5) is 17.8. The lowest BCUT2D eigenvalue weighted by molar-refractivity contribution is -0.119. The number of aliphatic imine (C=N–C) groups is 1. The highest BCUT2D eigenvalue weighted by Crippen LogP contribution is 2.30. The van der Waals surface area contributed by atoms with Crippen molar-refractivity contribution in [2.75, 3.05) is 18.4 Å². The van der Waals surface area contributed by atoms with Crippen LogP contribution in [-0.4, -0.2) is 40.9 Å². The van der Waals surface area contributed by atoms with Gasteiger partial charge in [0.1, 0.15) is 0 Å². The van der Waals surface area contributed by atoms with Gasteiger partial charge in [0.15, 0.2) is 11.9 Å². The van der Waals surface area contributed by atoms with E-state index in [4.69, 9.17) is 9.41 Å². The Kier molecular flexibility index (Phi) is 4.67. The maximum Gasteiger partial charge on any atom is 0.317 e. The van der Waals surface area contributed by atoms with Crippen molar-refractivity contribution in [1.29, 1.82) is 0 Å². The Labute approximate surface area is 174 Å². The Morgan fingerprint density at radius 1 is 1.10 bits per heavy atom. The molecule has 2 atom stereocenters. The van der Waals surface area contributed by atoms with E-state index in [1.165, 1.54) is 0 Å². The van der Waals surface area contributed by atoms with Gasteiger partial charge in [-0.05, 0) is 25.5 Å². The first-order valence-electron chi connectivity index (χ1n) is 10.2. The molecule has 0 saturated carbocycles. The second kappa shape index (κ2) is 7.50. The molecule has 5 rings (SSSR count). The van der Waals surface area contributed by atoms with E-state index in [0.29, 0.717) is 5.89 Å². The normalized spacial score (nSPS) is 23.6. The molecular weight excluding hydrogens is 378 g/mol. The van der Waals surface area contributed by atoms with Crippen molar-refractivity contribution in [3.8, 4) is 0 Å². The smallest absolute Gasteiger partial charge is 0.317 e. The van der Waals surface area contributed by atoms with Gasteiger partial charge >= 0.3 is 6.01 Å². The van der Waals surface area contributed by atoms with E-state index in [-0.39, 0.29) is 23.6 Å². The molecule has 0 spiro atoms. The van der Waals surface area contributed by atoms with Gasteiger partial charge in [-0.15, -0.1) is 5.10 Å². The summed E-state index contributed by atoms with van der Waals surface area (Å²) in [5, 5.41) is 14.8. The lowest BCUT2D eigenvalue weighted by Gasteiger charge is -2.16. The van der Waals surface area contributed by atoms with Crippen molar-refractivity contribution in [1.82, 2.24) is 15.5 Å². The topological polar surface area (TPSA) is 92.4 Å². The van der Waals surface area contributed by atoms with E-state index < -0.39 is 6.17 Å². The summed E-state index contributed by atoms with van der Waals surface area (Å²) in [6.07, 6.45) is 0.425. The molecule has 0 bridgehead atoms. The Bertz CT molecular complexity index is 1100. The van der Waals surface area contributed by atoms with Crippen molar-refractivity contribution in [2.45, 2.75) is 31.3 Å². The van der Waals surface area contributed by atoms with Crippen LogP contribution in [0.25, 0.3) is 0 Å². The molecule has 0 radical (unpaired) electrons. The molecule has 7 heteroatoms. The van der Waals surface area contributed by atoms with Gasteiger partial charge in [0.2, 0.25) is 5.89 Å². The molecule has 1 saturated heterocycles. The monoisotopic (exact) mass is 401 g/mol. The molecule has 0 amide bonds. The second-order valence-electron chi connectivity index (χ2n) is 8.09. The Balaban J connectivity index is 1.49. The fourth-order valence-electron chi connectivity index (χ4n) is 4.04. The SMILES string of the molecule is CC1(c2nnc(N[C@H]3N=C(c4ccccc4)c4ccccc4CC3=O)o2)CCNC1. The van der Waals surface area contributed by atoms with E-state index in [1.807, 2.05) is 54.6 Å². The van der Waals surface area contributed by atoms with Gasteiger partial charge in [-0.3, -0.25) is 9.79 Å². The molecule has 2 aromatic carbocycles. The van der Waals surface area contributed by atoms with E-state index in [2.05, 4.69) is 27.8 Å². The van der Waals surface area contributed by atoms with Gasteiger partial charge < -0.3 is 15.1 Å². The van der Waals surface area contributed by atoms with E-state index in [1.54, 1.807) is 0 Å². The lowest BCUT2D eigenvalue weighted by atomic mass is 9.90. The van der Waals surface area contributed by atoms with Crippen LogP contribution in [0.4, 0.5) is 6.01 Å². The summed E-state index contributed by atoms with van der Waals surface area (Å²) in [5.74, 6) is 0.536. The van der Waals surface area contributed by atoms with E-state index in [9.17, 15) is 4.79 Å². The number of Topliss-reactive ketones (excluding diaryl/α,β-unsaturated/α-hetero) is 1. The molecule has 2 aliphatic rings. The number of hydrogen-bond acceptors (Lipinski definition) is 7. The summed E-state index contributed by atoms with van der Waals surface area (Å²) in [7, 11) is 0. The van der Waals surface area contributed by atoms with Crippen LogP contribution in [0.15, 0.2) is 64.0 Å². The number of carbonyl (C=O) groups excluding carboxylic acids is 1. The highest BCUT2D eigenvalue weighted by molar-refractivity contribution is 6.16. The van der Waals surface area contributed by atoms with Gasteiger partial charge in [-0.25, -0.2) is 0 Å². The number of nitrogens with one attached hydrogen (secondary N) is 2. The predicted molar refractivity (Wildman–Crippen MR) is 114 cm³/mol. The molecule has 1 unspecified atom stereocenters. The first-order chi connectivity index (χ1) is 14.6. The Hall–Kier alpha value is -3.32. The van der Waals surface area contributed by atoms with Crippen molar-refractivity contribution in [3.05, 3.63) is 77.2 Å². The molecular formula is C23H23N5O2. The van der Waals surface area contributed by atoms with Gasteiger partial charge in [-0.2, -0.15) is 0 Å². The number of aromatic nitrogens is 2. The minimum absolute atomic E-state index is 0.0399. The molecule has 3 heterocycles. The van der Waals surface area contributed by atoms with E-state index >= 15 is 0 Å². The number of carbonyl (C=O) groups is 1. The minimum Gasteiger partial charge on any atom is -0.407 e. The van der Waals surface area contributed by atoms with Gasteiger partial charge in [-0.1, -0.05) is 59.7 Å². The van der Waals surface area contributed by atoms with Gasteiger partial charge in [0.25, 0.3) is 0 Å². The molecule has 2 N–H and O–H groups in total. The molecule has 152 valence electrons. The van der Waals surface area contributed by atoms with Crippen LogP contribution in [-0.2, 0) is 16.6 Å². The number of rotatable bonds is 4. The van der Waals surface area contributed by atoms with Crippen LogP contribution in [0.3, 0.4) is 0 Å². The zero-order valence-corrected chi connectivity index (χ0v) is 16.8. The zero-order valence-electron chi connectivity index (χ0n) is 16.8. The minimum atomic E-state index is -0.796. The van der Waals surface area contributed by atoms with Crippen LogP contribution in [0.1, 0.15) is 35.9 Å². The molecule has 0 aliphatic carbocycles. The fraction of sp³-hybridized carbons (Fsp3) is 0.304. The quantitative estimate of drug-likeness (QED) is 0.698. The van der Waals surface area contributed by atoms with Crippen LogP contribution in [0.5, 0.6) is 0 Å². The van der Waals surface area contributed by atoms with Crippen LogP contribution >= 0.6 is 0 Å². The average molecular weight is 401 g/mol. The Morgan fingerprint density at radius 3 is 2.70 bits per heavy atom. The standard InChI is InChI=1S/C23H23N5O2/c1-23(11-12-24-14-23)21-27-28-22(30-21)26-20-18(29)13-16-9-5-6-10-17(16)19(25-20)15-7-3-2-4-8-15/h2-10,20,24H,11-14H2,1H3,(H,26,28)/t20-,23?/m1/s1. The van der Waals surface area contributed by atoms with Crippen molar-refractivity contribution >= 4 is 17.5 Å². The summed E-state index contributed by atoms with van der Waals surface area (Å²) < 4.78 is 5.89. The first-order valence-corrected chi connectivity index (χ1v) is 10.2. The van der Waals surface area contributed by atoms with Gasteiger partial charge in [0, 0.05) is 24.1 Å². The highest BCUT2D eigenvalue weighted by atomic mass is 16.4. The molecule has 30 heavy (non-hydrogen) atoms. The van der Waals surface area contributed by atoms with E-state index in [0.717, 1.165) is 41.9 Å². The third kappa shape index (κ3) is 3.41. The van der Waals surface area contributed by atoms with Gasteiger partial charge in [0.05, 0.1) is 11.1 Å². The van der Waals surface area contributed by atoms with Crippen molar-refractivity contribution in [3.63, 3.8) is 0 Å². The molecule has 2 aliphatic heterocycles. The van der Waals surface area contributed by atoms with Crippen LogP contribution in [0, 0.1) is 0 Å². The molecule has 7 nitrogen and oxygen atoms in total. The number of hydrogen-bond donors (Lipinski definition) is 2. The number of ketones is 1. The predicted octanol–water partition coefficient (Wildman–Crippen LogP) is 2.72. The fourth-order valence-corrected chi connectivity index (χ4v) is 4.04. The third-order valence-corrected chi connectivity index (χ3v) is 5.82. The number of benzene rings is 2. The van der Waals surface area contributed by atoms with Crippen molar-refractivity contribution < 1.29 is 9.21 Å². The van der Waals surface area contributed by atoms with Crippen LogP contribution < -0.4 is 10.6 Å². The Morgan fingerprint density at radius 2 is 1.90 bits per heavy atom. The summed E-state index contributed by atoms with van der Waals surface area (Å²) in [6.45, 7) is 3.82. The van der Waals surface area contributed by atoms with Crippen molar-refractivity contribution in [2.24, 2.45) is 4.99 Å². The maximum absolute atomic E-state index is 13.0. The summed E-state index contributed by atoms with van der Waals surface area (Å²) in [6, 6.07) is 18.0. The average Bonchev–Trinajstić information content (AvgIpc) is 3.39. The summed E-state index contributed by atoms with van der Waals surface area (Å²) in [5.41, 5.74) is 3.49.